The molecular weight excluding hydrogens is 300 g/mol. The molecule has 1 aliphatic rings. The Morgan fingerprint density at radius 2 is 2.08 bits per heavy atom. The molecule has 3 aromatic rings. The molecule has 0 saturated carbocycles. The van der Waals surface area contributed by atoms with E-state index in [1.807, 2.05) is 41.3 Å². The number of aromatic nitrogens is 2. The molecule has 0 bridgehead atoms. The van der Waals surface area contributed by atoms with Gasteiger partial charge in [0.2, 0.25) is 0 Å². The molecule has 1 aromatic heterocycles. The van der Waals surface area contributed by atoms with Crippen LogP contribution in [-0.4, -0.2) is 34.0 Å². The number of nitrogens with one attached hydrogen (secondary N) is 2. The summed E-state index contributed by atoms with van der Waals surface area (Å²) in [6.45, 7) is 3.52. The maximum absolute atomic E-state index is 12.4. The Balaban J connectivity index is 1.46. The molecule has 122 valence electrons. The molecule has 0 aliphatic carbocycles. The second-order valence-corrected chi connectivity index (χ2v) is 6.37. The monoisotopic (exact) mass is 320 g/mol. The maximum Gasteiger partial charge on any atom is 0.321 e. The van der Waals surface area contributed by atoms with Gasteiger partial charge in [-0.2, -0.15) is 0 Å². The summed E-state index contributed by atoms with van der Waals surface area (Å²) in [7, 11) is 0. The number of H-pyrrole nitrogens is 1. The number of fused-ring (bicyclic) bond motifs is 1. The van der Waals surface area contributed by atoms with Crippen molar-refractivity contribution >= 4 is 22.8 Å². The first-order chi connectivity index (χ1) is 11.7. The van der Waals surface area contributed by atoms with E-state index in [0.717, 1.165) is 35.5 Å². The van der Waals surface area contributed by atoms with Gasteiger partial charge >= 0.3 is 6.03 Å². The molecular formula is C19H20N4O. The Bertz CT molecular complexity index is 871. The molecule has 1 unspecified atom stereocenters. The number of para-hydroxylation sites is 1. The molecule has 2 amide bonds. The standard InChI is InChI=1S/C19H20N4O/c1-13-7-8-16-17(11-13)22-18(21-16)14-9-10-23(12-14)19(24)20-15-5-3-2-4-6-15/h2-8,11,14H,9-10,12H2,1H3,(H,20,24)(H,21,22). The van der Waals surface area contributed by atoms with Gasteiger partial charge in [0.1, 0.15) is 5.82 Å². The van der Waals surface area contributed by atoms with E-state index in [0.29, 0.717) is 6.54 Å². The second kappa shape index (κ2) is 6.00. The fraction of sp³-hybridized carbons (Fsp3) is 0.263. The number of aryl methyl sites for hydroxylation is 1. The average Bonchev–Trinajstić information content (AvgIpc) is 3.22. The van der Waals surface area contributed by atoms with E-state index in [1.54, 1.807) is 0 Å². The Morgan fingerprint density at radius 1 is 1.25 bits per heavy atom. The molecule has 2 aromatic carbocycles. The zero-order chi connectivity index (χ0) is 16.5. The third-order valence-electron chi connectivity index (χ3n) is 4.54. The van der Waals surface area contributed by atoms with Crippen molar-refractivity contribution < 1.29 is 4.79 Å². The lowest BCUT2D eigenvalue weighted by Gasteiger charge is -2.17. The average molecular weight is 320 g/mol. The van der Waals surface area contributed by atoms with Gasteiger partial charge in [-0.25, -0.2) is 9.78 Å². The number of aromatic amines is 1. The minimum Gasteiger partial charge on any atom is -0.342 e. The van der Waals surface area contributed by atoms with Crippen molar-refractivity contribution in [3.05, 3.63) is 59.9 Å². The third-order valence-corrected chi connectivity index (χ3v) is 4.54. The molecule has 2 N–H and O–H groups in total. The number of likely N-dealkylation sites (tertiary alicyclic amines) is 1. The van der Waals surface area contributed by atoms with Crippen LogP contribution in [0.15, 0.2) is 48.5 Å². The number of amides is 2. The summed E-state index contributed by atoms with van der Waals surface area (Å²) in [4.78, 5) is 22.4. The van der Waals surface area contributed by atoms with Crippen LogP contribution in [0.25, 0.3) is 11.0 Å². The van der Waals surface area contributed by atoms with Crippen molar-refractivity contribution in [3.63, 3.8) is 0 Å². The van der Waals surface area contributed by atoms with Gasteiger partial charge in [-0.1, -0.05) is 24.3 Å². The van der Waals surface area contributed by atoms with Crippen LogP contribution in [-0.2, 0) is 0 Å². The fourth-order valence-corrected chi connectivity index (χ4v) is 3.23. The SMILES string of the molecule is Cc1ccc2nc(C3CCN(C(=O)Nc4ccccc4)C3)[nH]c2c1. The summed E-state index contributed by atoms with van der Waals surface area (Å²) in [6, 6.07) is 15.7. The first-order valence-corrected chi connectivity index (χ1v) is 8.26. The van der Waals surface area contributed by atoms with Crippen molar-refractivity contribution in [1.82, 2.24) is 14.9 Å². The lowest BCUT2D eigenvalue weighted by atomic mass is 10.1. The van der Waals surface area contributed by atoms with Gasteiger partial charge in [-0.15, -0.1) is 0 Å². The second-order valence-electron chi connectivity index (χ2n) is 6.37. The third kappa shape index (κ3) is 2.85. The minimum absolute atomic E-state index is 0.0457. The molecule has 1 atom stereocenters. The molecule has 1 fully saturated rings. The molecule has 24 heavy (non-hydrogen) atoms. The lowest BCUT2D eigenvalue weighted by Crippen LogP contribution is -2.32. The minimum atomic E-state index is -0.0457. The van der Waals surface area contributed by atoms with Crippen molar-refractivity contribution in [3.8, 4) is 0 Å². The zero-order valence-electron chi connectivity index (χ0n) is 13.6. The zero-order valence-corrected chi connectivity index (χ0v) is 13.6. The number of nitrogens with zero attached hydrogens (tertiary/aromatic N) is 2. The maximum atomic E-state index is 12.4. The molecule has 1 saturated heterocycles. The molecule has 5 heteroatoms. The molecule has 1 aliphatic heterocycles. The normalized spacial score (nSPS) is 17.4. The molecule has 0 spiro atoms. The van der Waals surface area contributed by atoms with E-state index in [4.69, 9.17) is 4.98 Å². The van der Waals surface area contributed by atoms with Gasteiger partial charge in [-0.05, 0) is 43.2 Å². The first kappa shape index (κ1) is 14.8. The Hall–Kier alpha value is -2.82. The smallest absolute Gasteiger partial charge is 0.321 e. The molecule has 4 rings (SSSR count). The number of imidazole rings is 1. The van der Waals surface area contributed by atoms with E-state index in [-0.39, 0.29) is 11.9 Å². The van der Waals surface area contributed by atoms with Gasteiger partial charge in [-0.3, -0.25) is 0 Å². The van der Waals surface area contributed by atoms with E-state index < -0.39 is 0 Å². The number of urea groups is 1. The summed E-state index contributed by atoms with van der Waals surface area (Å²) in [5, 5.41) is 2.95. The topological polar surface area (TPSA) is 61.0 Å². The highest BCUT2D eigenvalue weighted by Crippen LogP contribution is 2.27. The number of carbonyl (C=O) groups excluding carboxylic acids is 1. The predicted molar refractivity (Wildman–Crippen MR) is 95.2 cm³/mol. The van der Waals surface area contributed by atoms with Gasteiger partial charge < -0.3 is 15.2 Å². The highest BCUT2D eigenvalue weighted by atomic mass is 16.2. The van der Waals surface area contributed by atoms with Crippen LogP contribution in [0.1, 0.15) is 23.7 Å². The molecule has 5 nitrogen and oxygen atoms in total. The van der Waals surface area contributed by atoms with Crippen molar-refractivity contribution in [2.24, 2.45) is 0 Å². The Morgan fingerprint density at radius 3 is 2.92 bits per heavy atom. The van der Waals surface area contributed by atoms with Gasteiger partial charge in [0, 0.05) is 24.7 Å². The summed E-state index contributed by atoms with van der Waals surface area (Å²) in [5.41, 5.74) is 4.10. The number of carbonyl (C=O) groups is 1. The molecule has 2 heterocycles. The van der Waals surface area contributed by atoms with E-state index in [2.05, 4.69) is 29.4 Å². The number of hydrogen-bond donors (Lipinski definition) is 2. The van der Waals surface area contributed by atoms with Crippen LogP contribution in [0.3, 0.4) is 0 Å². The van der Waals surface area contributed by atoms with Gasteiger partial charge in [0.25, 0.3) is 0 Å². The molecule has 0 radical (unpaired) electrons. The number of hydrogen-bond acceptors (Lipinski definition) is 2. The summed E-state index contributed by atoms with van der Waals surface area (Å²) < 4.78 is 0. The lowest BCUT2D eigenvalue weighted by molar-refractivity contribution is 0.222. The Kier molecular flexibility index (Phi) is 3.69. The predicted octanol–water partition coefficient (Wildman–Crippen LogP) is 3.89. The van der Waals surface area contributed by atoms with Crippen molar-refractivity contribution in [2.75, 3.05) is 18.4 Å². The van der Waals surface area contributed by atoms with Crippen LogP contribution >= 0.6 is 0 Å². The van der Waals surface area contributed by atoms with Crippen LogP contribution in [0, 0.1) is 6.92 Å². The van der Waals surface area contributed by atoms with Crippen molar-refractivity contribution in [2.45, 2.75) is 19.3 Å². The highest BCUT2D eigenvalue weighted by molar-refractivity contribution is 5.89. The number of rotatable bonds is 2. The highest BCUT2D eigenvalue weighted by Gasteiger charge is 2.29. The summed E-state index contributed by atoms with van der Waals surface area (Å²) in [5.74, 6) is 1.24. The summed E-state index contributed by atoms with van der Waals surface area (Å²) in [6.07, 6.45) is 0.932. The quantitative estimate of drug-likeness (QED) is 0.752. The Labute approximate surface area is 140 Å². The summed E-state index contributed by atoms with van der Waals surface area (Å²) >= 11 is 0. The van der Waals surface area contributed by atoms with Gasteiger partial charge in [0.15, 0.2) is 0 Å². The van der Waals surface area contributed by atoms with E-state index in [1.165, 1.54) is 5.56 Å². The van der Waals surface area contributed by atoms with E-state index >= 15 is 0 Å². The van der Waals surface area contributed by atoms with Crippen LogP contribution in [0.4, 0.5) is 10.5 Å². The van der Waals surface area contributed by atoms with Crippen LogP contribution < -0.4 is 5.32 Å². The van der Waals surface area contributed by atoms with Crippen LogP contribution in [0.5, 0.6) is 0 Å². The van der Waals surface area contributed by atoms with E-state index in [9.17, 15) is 4.79 Å². The van der Waals surface area contributed by atoms with Gasteiger partial charge in [0.05, 0.1) is 11.0 Å². The first-order valence-electron chi connectivity index (χ1n) is 8.26. The van der Waals surface area contributed by atoms with Crippen LogP contribution in [0.2, 0.25) is 0 Å². The fourth-order valence-electron chi connectivity index (χ4n) is 3.23. The number of benzene rings is 2. The number of anilines is 1. The largest absolute Gasteiger partial charge is 0.342 e. The van der Waals surface area contributed by atoms with Crippen molar-refractivity contribution in [1.29, 1.82) is 0 Å².